The number of carbonyl (C=O) groups is 2. The maximum atomic E-state index is 12.6. The molecule has 1 aromatic carbocycles. The third kappa shape index (κ3) is 8.43. The fraction of sp³-hybridized carbons (Fsp3) is 0.621. The van der Waals surface area contributed by atoms with Gasteiger partial charge in [-0.15, -0.1) is 0 Å². The first-order chi connectivity index (χ1) is 18.0. The van der Waals surface area contributed by atoms with Crippen LogP contribution in [-0.2, 0) is 25.6 Å². The van der Waals surface area contributed by atoms with Crippen molar-refractivity contribution in [2.75, 3.05) is 42.6 Å². The summed E-state index contributed by atoms with van der Waals surface area (Å²) in [6.07, 6.45) is 11.0. The van der Waals surface area contributed by atoms with Crippen LogP contribution in [-0.4, -0.2) is 44.8 Å². The predicted octanol–water partition coefficient (Wildman–Crippen LogP) is 2.99. The van der Waals surface area contributed by atoms with Crippen LogP contribution in [0.5, 0.6) is 0 Å². The van der Waals surface area contributed by atoms with Crippen molar-refractivity contribution < 1.29 is 40.6 Å². The van der Waals surface area contributed by atoms with Gasteiger partial charge in [0.15, 0.2) is 5.57 Å². The summed E-state index contributed by atoms with van der Waals surface area (Å²) in [5.41, 5.74) is 2.14. The van der Waals surface area contributed by atoms with Gasteiger partial charge in [-0.25, -0.2) is 19.1 Å². The average molecular weight is 611 g/mol. The Morgan fingerprint density at radius 1 is 0.974 bits per heavy atom. The summed E-state index contributed by atoms with van der Waals surface area (Å²) in [5.74, 6) is -1.30. The minimum absolute atomic E-state index is 0. The van der Waals surface area contributed by atoms with Gasteiger partial charge in [0.05, 0.1) is 24.5 Å². The number of unbranched alkanes of at least 4 members (excludes halogenated alkanes) is 6. The Bertz CT molecular complexity index is 1050. The lowest BCUT2D eigenvalue weighted by molar-refractivity contribution is -0.641. The van der Waals surface area contributed by atoms with E-state index in [1.54, 1.807) is 20.0 Å². The van der Waals surface area contributed by atoms with Crippen LogP contribution in [0.3, 0.4) is 0 Å². The number of esters is 2. The van der Waals surface area contributed by atoms with Crippen molar-refractivity contribution >= 4 is 44.3 Å². The molecule has 0 bridgehead atoms. The zero-order valence-corrected chi connectivity index (χ0v) is 25.9. The molecular formula is C29H44BrN3O4S. The molecule has 0 radical (unpaired) electrons. The number of hydrogen-bond acceptors (Lipinski definition) is 7. The molecule has 0 amide bonds. The van der Waals surface area contributed by atoms with E-state index in [1.165, 1.54) is 41.0 Å². The molecule has 7 nitrogen and oxygen atoms in total. The molecule has 1 aromatic heterocycles. The number of fused-ring (bicyclic) bond motifs is 3. The minimum Gasteiger partial charge on any atom is -1.00 e. The molecule has 0 unspecified atom stereocenters. The average Bonchev–Trinajstić information content (AvgIpc) is 3.45. The van der Waals surface area contributed by atoms with E-state index in [0.29, 0.717) is 6.54 Å². The van der Waals surface area contributed by atoms with E-state index in [9.17, 15) is 9.59 Å². The summed E-state index contributed by atoms with van der Waals surface area (Å²) in [6.45, 7) is 12.2. The van der Waals surface area contributed by atoms with Gasteiger partial charge in [0.2, 0.25) is 0 Å². The highest BCUT2D eigenvalue weighted by atomic mass is 79.9. The molecule has 3 rings (SSSR count). The zero-order chi connectivity index (χ0) is 26.6. The number of halogens is 1. The number of thiazole rings is 1. The number of benzene rings is 1. The smallest absolute Gasteiger partial charge is 0.347 e. The number of carbonyl (C=O) groups excluding carboxylic acids is 2. The van der Waals surface area contributed by atoms with Gasteiger partial charge >= 0.3 is 17.1 Å². The largest absolute Gasteiger partial charge is 1.00 e. The fourth-order valence-electron chi connectivity index (χ4n) is 4.69. The lowest BCUT2D eigenvalue weighted by Gasteiger charge is -2.22. The van der Waals surface area contributed by atoms with Crippen molar-refractivity contribution in [3.8, 4) is 0 Å². The molecule has 212 valence electrons. The van der Waals surface area contributed by atoms with Crippen LogP contribution in [0.4, 0.5) is 10.8 Å². The van der Waals surface area contributed by atoms with E-state index in [-0.39, 0.29) is 35.8 Å². The molecule has 0 fully saturated rings. The second kappa shape index (κ2) is 16.7. The Hall–Kier alpha value is -2.13. The SMILES string of the molecule is CCCCCCN(C=C(C(=O)OCC)C(=O)OCC)c1ccc2c(c1)sc1[n+]2CCN1CCCCCC.[Br-]. The fourth-order valence-corrected chi connectivity index (χ4v) is 5.96. The molecule has 1 aliphatic heterocycles. The standard InChI is InChI=1S/C29H44N3O4S.BrH/c1-5-9-11-13-17-30-19-20-32-25-16-15-23(21-26(25)37-29(30)32)31(18-14-12-10-6-2)22-24(27(33)35-7-3)28(34)36-8-4;/h15-16,21-22H,5-14,17-20H2,1-4H3;1H/q+1;/p-1. The Morgan fingerprint density at radius 3 is 2.26 bits per heavy atom. The Labute approximate surface area is 242 Å². The highest BCUT2D eigenvalue weighted by molar-refractivity contribution is 7.21. The van der Waals surface area contributed by atoms with Gasteiger partial charge in [-0.2, -0.15) is 0 Å². The first kappa shape index (κ1) is 32.1. The van der Waals surface area contributed by atoms with Crippen LogP contribution < -0.4 is 31.3 Å². The molecule has 0 N–H and O–H groups in total. The minimum atomic E-state index is -0.648. The second-order valence-electron chi connectivity index (χ2n) is 9.47. The topological polar surface area (TPSA) is 63.0 Å². The summed E-state index contributed by atoms with van der Waals surface area (Å²) in [5, 5.41) is 1.33. The Morgan fingerprint density at radius 2 is 1.63 bits per heavy atom. The summed E-state index contributed by atoms with van der Waals surface area (Å²) < 4.78 is 14.0. The first-order valence-corrected chi connectivity index (χ1v) is 14.9. The third-order valence-electron chi connectivity index (χ3n) is 6.67. The lowest BCUT2D eigenvalue weighted by atomic mass is 10.2. The molecule has 1 aliphatic rings. The lowest BCUT2D eigenvalue weighted by Crippen LogP contribution is -3.00. The number of rotatable bonds is 16. The van der Waals surface area contributed by atoms with E-state index < -0.39 is 11.9 Å². The van der Waals surface area contributed by atoms with E-state index in [0.717, 1.165) is 51.0 Å². The Balaban J connectivity index is 0.00000507. The van der Waals surface area contributed by atoms with Gasteiger partial charge in [0.25, 0.3) is 0 Å². The van der Waals surface area contributed by atoms with E-state index in [1.807, 2.05) is 16.2 Å². The number of aromatic nitrogens is 1. The normalized spacial score (nSPS) is 12.2. The van der Waals surface area contributed by atoms with Gasteiger partial charge in [-0.1, -0.05) is 46.0 Å². The van der Waals surface area contributed by atoms with Crippen molar-refractivity contribution in [3.05, 3.63) is 30.0 Å². The molecule has 0 spiro atoms. The van der Waals surface area contributed by atoms with Crippen LogP contribution in [0.2, 0.25) is 0 Å². The monoisotopic (exact) mass is 609 g/mol. The Kier molecular flexibility index (Phi) is 14.1. The summed E-state index contributed by atoms with van der Waals surface area (Å²) >= 11 is 1.83. The van der Waals surface area contributed by atoms with E-state index in [4.69, 9.17) is 9.47 Å². The molecule has 38 heavy (non-hydrogen) atoms. The molecule has 2 heterocycles. The molecule has 0 atom stereocenters. The van der Waals surface area contributed by atoms with Crippen molar-refractivity contribution in [3.63, 3.8) is 0 Å². The number of anilines is 2. The number of hydrogen-bond donors (Lipinski definition) is 0. The van der Waals surface area contributed by atoms with Gasteiger partial charge in [0.1, 0.15) is 18.6 Å². The van der Waals surface area contributed by atoms with Crippen molar-refractivity contribution in [1.29, 1.82) is 0 Å². The quantitative estimate of drug-likeness (QED) is 0.0728. The van der Waals surface area contributed by atoms with E-state index in [2.05, 4.69) is 41.5 Å². The van der Waals surface area contributed by atoms with Crippen molar-refractivity contribution in [1.82, 2.24) is 0 Å². The summed E-state index contributed by atoms with van der Waals surface area (Å²) in [6, 6.07) is 6.45. The highest BCUT2D eigenvalue weighted by Gasteiger charge is 2.32. The summed E-state index contributed by atoms with van der Waals surface area (Å²) in [4.78, 5) is 29.8. The van der Waals surface area contributed by atoms with Crippen LogP contribution in [0.15, 0.2) is 30.0 Å². The molecule has 9 heteroatoms. The third-order valence-corrected chi connectivity index (χ3v) is 7.88. The van der Waals surface area contributed by atoms with Crippen molar-refractivity contribution in [2.45, 2.75) is 85.6 Å². The molecular weight excluding hydrogens is 566 g/mol. The number of nitrogens with zero attached hydrogens (tertiary/aromatic N) is 3. The summed E-state index contributed by atoms with van der Waals surface area (Å²) in [7, 11) is 0. The van der Waals surface area contributed by atoms with E-state index >= 15 is 0 Å². The van der Waals surface area contributed by atoms with Crippen LogP contribution >= 0.6 is 11.3 Å². The predicted molar refractivity (Wildman–Crippen MR) is 151 cm³/mol. The number of ether oxygens (including phenoxy) is 2. The maximum absolute atomic E-state index is 12.6. The van der Waals surface area contributed by atoms with Crippen molar-refractivity contribution in [2.24, 2.45) is 0 Å². The van der Waals surface area contributed by atoms with Crippen LogP contribution in [0.1, 0.15) is 79.1 Å². The molecule has 0 saturated carbocycles. The van der Waals surface area contributed by atoms with Crippen LogP contribution in [0, 0.1) is 0 Å². The molecule has 0 aliphatic carbocycles. The van der Waals surface area contributed by atoms with Crippen LogP contribution in [0.25, 0.3) is 10.2 Å². The maximum Gasteiger partial charge on any atom is 0.347 e. The first-order valence-electron chi connectivity index (χ1n) is 14.1. The van der Waals surface area contributed by atoms with Gasteiger partial charge in [-0.05, 0) is 62.6 Å². The molecule has 2 aromatic rings. The van der Waals surface area contributed by atoms with Gasteiger partial charge < -0.3 is 31.4 Å². The van der Waals surface area contributed by atoms with Gasteiger partial charge in [0, 0.05) is 18.4 Å². The second-order valence-corrected chi connectivity index (χ2v) is 10.5. The molecule has 0 saturated heterocycles. The van der Waals surface area contributed by atoms with Gasteiger partial charge in [-0.3, -0.25) is 0 Å². The highest BCUT2D eigenvalue weighted by Crippen LogP contribution is 2.33. The zero-order valence-electron chi connectivity index (χ0n) is 23.5.